The Labute approximate surface area is 147 Å². The molecule has 0 spiro atoms. The van der Waals surface area contributed by atoms with Crippen molar-refractivity contribution in [2.45, 2.75) is 19.3 Å². The lowest BCUT2D eigenvalue weighted by molar-refractivity contribution is -0.122. The molecule has 0 fully saturated rings. The van der Waals surface area contributed by atoms with Crippen molar-refractivity contribution in [3.05, 3.63) is 59.7 Å². The van der Waals surface area contributed by atoms with Crippen molar-refractivity contribution in [2.75, 3.05) is 14.2 Å². The van der Waals surface area contributed by atoms with E-state index in [0.29, 0.717) is 17.1 Å². The fraction of sp³-hybridized carbons (Fsp3) is 0.263. The van der Waals surface area contributed by atoms with Gasteiger partial charge in [-0.3, -0.25) is 20.4 Å². The van der Waals surface area contributed by atoms with Gasteiger partial charge in [-0.2, -0.15) is 0 Å². The number of methoxy groups -OCH3 is 2. The van der Waals surface area contributed by atoms with Gasteiger partial charge in [-0.25, -0.2) is 0 Å². The second-order valence-electron chi connectivity index (χ2n) is 5.62. The van der Waals surface area contributed by atoms with Crippen LogP contribution in [-0.4, -0.2) is 26.0 Å². The predicted molar refractivity (Wildman–Crippen MR) is 94.6 cm³/mol. The Balaban J connectivity index is 1.92. The summed E-state index contributed by atoms with van der Waals surface area (Å²) < 4.78 is 10.3. The number of hydrazine groups is 1. The van der Waals surface area contributed by atoms with Crippen molar-refractivity contribution in [1.82, 2.24) is 10.9 Å². The minimum absolute atomic E-state index is 0.0509. The fourth-order valence-electron chi connectivity index (χ4n) is 2.37. The van der Waals surface area contributed by atoms with Crippen LogP contribution in [0.2, 0.25) is 0 Å². The maximum atomic E-state index is 12.2. The maximum Gasteiger partial charge on any atom is 0.269 e. The number of hydrogen-bond donors (Lipinski definition) is 2. The first-order valence-corrected chi connectivity index (χ1v) is 7.90. The molecular formula is C19H22N2O4. The highest BCUT2D eigenvalue weighted by molar-refractivity contribution is 5.96. The average Bonchev–Trinajstić information content (AvgIpc) is 2.66. The summed E-state index contributed by atoms with van der Waals surface area (Å²) in [5, 5.41) is 0. The molecule has 0 aliphatic rings. The van der Waals surface area contributed by atoms with E-state index in [2.05, 4.69) is 10.9 Å². The smallest absolute Gasteiger partial charge is 0.269 e. The van der Waals surface area contributed by atoms with E-state index in [9.17, 15) is 9.59 Å². The first-order valence-electron chi connectivity index (χ1n) is 7.90. The van der Waals surface area contributed by atoms with Crippen LogP contribution in [0.5, 0.6) is 11.5 Å². The predicted octanol–water partition coefficient (Wildman–Crippen LogP) is 2.66. The van der Waals surface area contributed by atoms with Gasteiger partial charge in [0.15, 0.2) is 0 Å². The molecule has 0 aliphatic heterocycles. The van der Waals surface area contributed by atoms with Crippen molar-refractivity contribution < 1.29 is 19.1 Å². The summed E-state index contributed by atoms with van der Waals surface area (Å²) in [4.78, 5) is 24.2. The molecule has 0 aromatic heterocycles. The lowest BCUT2D eigenvalue weighted by Crippen LogP contribution is -2.42. The van der Waals surface area contributed by atoms with Gasteiger partial charge in [-0.1, -0.05) is 37.3 Å². The molecule has 0 saturated heterocycles. The number of carbonyl (C=O) groups excluding carboxylic acids is 2. The van der Waals surface area contributed by atoms with E-state index >= 15 is 0 Å². The third kappa shape index (κ3) is 5.24. The summed E-state index contributed by atoms with van der Waals surface area (Å²) in [5.74, 6) is 0.328. The molecule has 0 unspecified atom stereocenters. The van der Waals surface area contributed by atoms with E-state index in [-0.39, 0.29) is 18.2 Å². The average molecular weight is 342 g/mol. The molecule has 6 nitrogen and oxygen atoms in total. The number of rotatable bonds is 6. The SMILES string of the molecule is COc1cc(OC)cc(C(=O)NNC(=O)C[C@@H](C)c2ccccc2)c1. The van der Waals surface area contributed by atoms with Crippen molar-refractivity contribution in [3.63, 3.8) is 0 Å². The Morgan fingerprint density at radius 1 is 0.960 bits per heavy atom. The van der Waals surface area contributed by atoms with Crippen LogP contribution in [-0.2, 0) is 4.79 Å². The number of hydrogen-bond acceptors (Lipinski definition) is 4. The van der Waals surface area contributed by atoms with Crippen LogP contribution in [0.1, 0.15) is 35.2 Å². The minimum Gasteiger partial charge on any atom is -0.497 e. The van der Waals surface area contributed by atoms with Crippen LogP contribution in [0.15, 0.2) is 48.5 Å². The van der Waals surface area contributed by atoms with Gasteiger partial charge in [0.25, 0.3) is 5.91 Å². The highest BCUT2D eigenvalue weighted by Crippen LogP contribution is 2.22. The van der Waals surface area contributed by atoms with E-state index in [1.54, 1.807) is 18.2 Å². The van der Waals surface area contributed by atoms with Crippen LogP contribution in [0.3, 0.4) is 0 Å². The van der Waals surface area contributed by atoms with Crippen molar-refractivity contribution in [3.8, 4) is 11.5 Å². The summed E-state index contributed by atoms with van der Waals surface area (Å²) in [6.45, 7) is 1.96. The van der Waals surface area contributed by atoms with E-state index in [1.165, 1.54) is 14.2 Å². The molecule has 6 heteroatoms. The zero-order valence-electron chi connectivity index (χ0n) is 14.5. The van der Waals surface area contributed by atoms with Crippen LogP contribution in [0.4, 0.5) is 0 Å². The van der Waals surface area contributed by atoms with Gasteiger partial charge in [-0.15, -0.1) is 0 Å². The Morgan fingerprint density at radius 2 is 1.56 bits per heavy atom. The third-order valence-corrected chi connectivity index (χ3v) is 3.79. The number of nitrogens with one attached hydrogen (secondary N) is 2. The van der Waals surface area contributed by atoms with Crippen molar-refractivity contribution in [2.24, 2.45) is 0 Å². The molecule has 25 heavy (non-hydrogen) atoms. The molecule has 2 aromatic carbocycles. The molecule has 0 heterocycles. The van der Waals surface area contributed by atoms with Gasteiger partial charge < -0.3 is 9.47 Å². The van der Waals surface area contributed by atoms with Gasteiger partial charge >= 0.3 is 0 Å². The minimum atomic E-state index is -0.446. The normalized spacial score (nSPS) is 11.3. The maximum absolute atomic E-state index is 12.2. The Kier molecular flexibility index (Phi) is 6.39. The Bertz CT molecular complexity index is 709. The molecule has 1 atom stereocenters. The van der Waals surface area contributed by atoms with Crippen LogP contribution in [0.25, 0.3) is 0 Å². The highest BCUT2D eigenvalue weighted by Gasteiger charge is 2.13. The van der Waals surface area contributed by atoms with E-state index in [0.717, 1.165) is 5.56 Å². The largest absolute Gasteiger partial charge is 0.497 e. The van der Waals surface area contributed by atoms with Gasteiger partial charge in [-0.05, 0) is 23.6 Å². The summed E-state index contributed by atoms with van der Waals surface area (Å²) in [5.41, 5.74) is 6.24. The summed E-state index contributed by atoms with van der Waals surface area (Å²) >= 11 is 0. The number of ether oxygens (including phenoxy) is 2. The first-order chi connectivity index (χ1) is 12.0. The Hall–Kier alpha value is -3.02. The van der Waals surface area contributed by atoms with E-state index in [1.807, 2.05) is 37.3 Å². The lowest BCUT2D eigenvalue weighted by atomic mass is 9.98. The molecule has 0 bridgehead atoms. The topological polar surface area (TPSA) is 76.7 Å². The number of benzene rings is 2. The number of amides is 2. The summed E-state index contributed by atoms with van der Waals surface area (Å²) in [7, 11) is 3.01. The molecular weight excluding hydrogens is 320 g/mol. The zero-order valence-corrected chi connectivity index (χ0v) is 14.5. The summed E-state index contributed by atoms with van der Waals surface area (Å²) in [6.07, 6.45) is 0.270. The molecule has 2 amide bonds. The van der Waals surface area contributed by atoms with E-state index < -0.39 is 5.91 Å². The third-order valence-electron chi connectivity index (χ3n) is 3.79. The van der Waals surface area contributed by atoms with Gasteiger partial charge in [0, 0.05) is 18.1 Å². The Morgan fingerprint density at radius 3 is 2.12 bits per heavy atom. The first kappa shape index (κ1) is 18.3. The zero-order chi connectivity index (χ0) is 18.2. The second-order valence-corrected chi connectivity index (χ2v) is 5.62. The quantitative estimate of drug-likeness (QED) is 0.791. The molecule has 2 N–H and O–H groups in total. The van der Waals surface area contributed by atoms with Gasteiger partial charge in [0.05, 0.1) is 14.2 Å². The fourth-order valence-corrected chi connectivity index (χ4v) is 2.37. The van der Waals surface area contributed by atoms with Gasteiger partial charge in [0.2, 0.25) is 5.91 Å². The molecule has 0 saturated carbocycles. The van der Waals surface area contributed by atoms with Gasteiger partial charge in [0.1, 0.15) is 11.5 Å². The van der Waals surface area contributed by atoms with Crippen LogP contribution < -0.4 is 20.3 Å². The molecule has 0 radical (unpaired) electrons. The van der Waals surface area contributed by atoms with Crippen LogP contribution >= 0.6 is 0 Å². The van der Waals surface area contributed by atoms with E-state index in [4.69, 9.17) is 9.47 Å². The molecule has 132 valence electrons. The van der Waals surface area contributed by atoms with Crippen molar-refractivity contribution in [1.29, 1.82) is 0 Å². The summed E-state index contributed by atoms with van der Waals surface area (Å²) in [6, 6.07) is 14.5. The highest BCUT2D eigenvalue weighted by atomic mass is 16.5. The lowest BCUT2D eigenvalue weighted by Gasteiger charge is -2.13. The standard InChI is InChI=1S/C19H22N2O4/c1-13(14-7-5-4-6-8-14)9-18(22)20-21-19(23)15-10-16(24-2)12-17(11-15)25-3/h4-8,10-13H,9H2,1-3H3,(H,20,22)(H,21,23)/t13-/m1/s1. The number of carbonyl (C=O) groups is 2. The monoisotopic (exact) mass is 342 g/mol. The molecule has 2 aromatic rings. The van der Waals surface area contributed by atoms with Crippen molar-refractivity contribution >= 4 is 11.8 Å². The van der Waals surface area contributed by atoms with Crippen LogP contribution in [0, 0.1) is 0 Å². The second kappa shape index (κ2) is 8.73. The molecule has 0 aliphatic carbocycles. The molecule has 2 rings (SSSR count).